The van der Waals surface area contributed by atoms with E-state index in [1.165, 1.54) is 12.8 Å². The van der Waals surface area contributed by atoms with Crippen LogP contribution in [0.4, 0.5) is 0 Å². The van der Waals surface area contributed by atoms with E-state index < -0.39 is 0 Å². The molecule has 3 unspecified atom stereocenters. The van der Waals surface area contributed by atoms with E-state index >= 15 is 0 Å². The summed E-state index contributed by atoms with van der Waals surface area (Å²) in [5.41, 5.74) is 0. The lowest BCUT2D eigenvalue weighted by Crippen LogP contribution is -2.41. The van der Waals surface area contributed by atoms with Gasteiger partial charge in [0.15, 0.2) is 0 Å². The average molecular weight is 181 g/mol. The largest absolute Gasteiger partial charge is 0.381 e. The molecule has 74 valence electrons. The van der Waals surface area contributed by atoms with Gasteiger partial charge in [-0.2, -0.15) is 0 Å². The van der Waals surface area contributed by atoms with E-state index in [4.69, 9.17) is 11.2 Å². The Morgan fingerprint density at radius 2 is 2.31 bits per heavy atom. The molecule has 0 aromatic rings. The fourth-order valence-corrected chi connectivity index (χ4v) is 1.74. The van der Waals surface area contributed by atoms with Gasteiger partial charge in [-0.15, -0.1) is 6.42 Å². The van der Waals surface area contributed by atoms with Gasteiger partial charge in [0.05, 0.1) is 12.6 Å². The van der Waals surface area contributed by atoms with Crippen molar-refractivity contribution >= 4 is 0 Å². The van der Waals surface area contributed by atoms with Crippen LogP contribution in [0.1, 0.15) is 26.7 Å². The lowest BCUT2D eigenvalue weighted by Gasteiger charge is -2.29. The van der Waals surface area contributed by atoms with Crippen molar-refractivity contribution in [2.24, 2.45) is 5.92 Å². The summed E-state index contributed by atoms with van der Waals surface area (Å²) in [4.78, 5) is 0. The molecule has 0 radical (unpaired) electrons. The Bertz CT molecular complexity index is 179. The zero-order valence-corrected chi connectivity index (χ0v) is 8.55. The molecule has 0 saturated carbocycles. The van der Waals surface area contributed by atoms with Gasteiger partial charge < -0.3 is 10.1 Å². The molecule has 0 aliphatic carbocycles. The van der Waals surface area contributed by atoms with Crippen LogP contribution < -0.4 is 5.32 Å². The summed E-state index contributed by atoms with van der Waals surface area (Å²) < 4.78 is 5.43. The topological polar surface area (TPSA) is 21.3 Å². The first-order chi connectivity index (χ1) is 6.24. The molecule has 0 spiro atoms. The van der Waals surface area contributed by atoms with Crippen LogP contribution in [0, 0.1) is 18.3 Å². The highest BCUT2D eigenvalue weighted by molar-refractivity contribution is 4.97. The molecule has 3 atom stereocenters. The molecule has 0 aromatic carbocycles. The minimum atomic E-state index is 0.164. The van der Waals surface area contributed by atoms with Gasteiger partial charge >= 0.3 is 0 Å². The van der Waals surface area contributed by atoms with Crippen LogP contribution in [-0.4, -0.2) is 25.3 Å². The molecule has 1 aliphatic rings. The Balaban J connectivity index is 2.29. The van der Waals surface area contributed by atoms with Gasteiger partial charge in [-0.25, -0.2) is 0 Å². The molecule has 2 heteroatoms. The molecule has 0 aromatic heterocycles. The van der Waals surface area contributed by atoms with Crippen LogP contribution in [-0.2, 0) is 4.74 Å². The highest BCUT2D eigenvalue weighted by atomic mass is 16.5. The average Bonchev–Trinajstić information content (AvgIpc) is 2.19. The van der Waals surface area contributed by atoms with E-state index in [1.807, 2.05) is 6.92 Å². The number of ether oxygens (including phenoxy) is 1. The second-order valence-corrected chi connectivity index (χ2v) is 3.82. The van der Waals surface area contributed by atoms with Crippen molar-refractivity contribution in [2.45, 2.75) is 38.8 Å². The van der Waals surface area contributed by atoms with Gasteiger partial charge in [0.1, 0.15) is 0 Å². The maximum atomic E-state index is 5.43. The van der Waals surface area contributed by atoms with E-state index in [0.717, 1.165) is 13.2 Å². The van der Waals surface area contributed by atoms with E-state index in [0.29, 0.717) is 12.0 Å². The van der Waals surface area contributed by atoms with Gasteiger partial charge in [-0.1, -0.05) is 5.92 Å². The normalized spacial score (nSPS) is 27.6. The highest BCUT2D eigenvalue weighted by Gasteiger charge is 2.20. The SMILES string of the molecule is C#CC(C)NC(C)C1CCCOC1. The summed E-state index contributed by atoms with van der Waals surface area (Å²) >= 11 is 0. The van der Waals surface area contributed by atoms with Crippen LogP contribution in [0.5, 0.6) is 0 Å². The maximum absolute atomic E-state index is 5.43. The quantitative estimate of drug-likeness (QED) is 0.665. The molecule has 1 rings (SSSR count). The first-order valence-corrected chi connectivity index (χ1v) is 5.04. The Kier molecular flexibility index (Phi) is 4.27. The summed E-state index contributed by atoms with van der Waals surface area (Å²) in [7, 11) is 0. The lowest BCUT2D eigenvalue weighted by molar-refractivity contribution is 0.0414. The third-order valence-corrected chi connectivity index (χ3v) is 2.67. The van der Waals surface area contributed by atoms with Gasteiger partial charge in [-0.3, -0.25) is 0 Å². The van der Waals surface area contributed by atoms with E-state index in [1.54, 1.807) is 0 Å². The van der Waals surface area contributed by atoms with Gasteiger partial charge in [0.25, 0.3) is 0 Å². The summed E-state index contributed by atoms with van der Waals surface area (Å²) in [5, 5.41) is 3.38. The Morgan fingerprint density at radius 1 is 1.54 bits per heavy atom. The lowest BCUT2D eigenvalue weighted by atomic mass is 9.94. The molecule has 13 heavy (non-hydrogen) atoms. The predicted octanol–water partition coefficient (Wildman–Crippen LogP) is 1.41. The van der Waals surface area contributed by atoms with Gasteiger partial charge in [-0.05, 0) is 32.6 Å². The molecule has 1 heterocycles. The minimum Gasteiger partial charge on any atom is -0.381 e. The van der Waals surface area contributed by atoms with Crippen LogP contribution >= 0.6 is 0 Å². The second kappa shape index (κ2) is 5.26. The third kappa shape index (κ3) is 3.38. The first kappa shape index (κ1) is 10.6. The van der Waals surface area contributed by atoms with Crippen LogP contribution in [0.25, 0.3) is 0 Å². The molecule has 0 amide bonds. The Labute approximate surface area is 81.0 Å². The maximum Gasteiger partial charge on any atom is 0.0660 e. The van der Waals surface area contributed by atoms with Crippen molar-refractivity contribution in [2.75, 3.05) is 13.2 Å². The van der Waals surface area contributed by atoms with Crippen molar-refractivity contribution in [3.05, 3.63) is 0 Å². The first-order valence-electron chi connectivity index (χ1n) is 5.04. The predicted molar refractivity (Wildman–Crippen MR) is 54.4 cm³/mol. The molecule has 1 fully saturated rings. The van der Waals surface area contributed by atoms with E-state index in [2.05, 4.69) is 18.2 Å². The van der Waals surface area contributed by atoms with Gasteiger partial charge in [0, 0.05) is 12.6 Å². The zero-order chi connectivity index (χ0) is 9.68. The van der Waals surface area contributed by atoms with Crippen molar-refractivity contribution in [3.8, 4) is 12.3 Å². The summed E-state index contributed by atoms with van der Waals surface area (Å²) in [5.74, 6) is 3.31. The van der Waals surface area contributed by atoms with Crippen molar-refractivity contribution in [1.29, 1.82) is 0 Å². The van der Waals surface area contributed by atoms with Crippen LogP contribution in [0.15, 0.2) is 0 Å². The second-order valence-electron chi connectivity index (χ2n) is 3.82. The monoisotopic (exact) mass is 181 g/mol. The van der Waals surface area contributed by atoms with E-state index in [9.17, 15) is 0 Å². The number of hydrogen-bond acceptors (Lipinski definition) is 2. The molecular formula is C11H19NO. The zero-order valence-electron chi connectivity index (χ0n) is 8.55. The van der Waals surface area contributed by atoms with Crippen molar-refractivity contribution in [3.63, 3.8) is 0 Å². The van der Waals surface area contributed by atoms with Crippen molar-refractivity contribution < 1.29 is 4.74 Å². The Hall–Kier alpha value is -0.520. The number of hydrogen-bond donors (Lipinski definition) is 1. The number of terminal acetylenes is 1. The van der Waals surface area contributed by atoms with E-state index in [-0.39, 0.29) is 6.04 Å². The van der Waals surface area contributed by atoms with Crippen molar-refractivity contribution in [1.82, 2.24) is 5.32 Å². The fraction of sp³-hybridized carbons (Fsp3) is 0.818. The van der Waals surface area contributed by atoms with Crippen LogP contribution in [0.2, 0.25) is 0 Å². The minimum absolute atomic E-state index is 0.164. The summed E-state index contributed by atoms with van der Waals surface area (Å²) in [6.45, 7) is 6.01. The molecule has 1 aliphatic heterocycles. The smallest absolute Gasteiger partial charge is 0.0660 e. The molecule has 1 N–H and O–H groups in total. The molecule has 1 saturated heterocycles. The Morgan fingerprint density at radius 3 is 2.85 bits per heavy atom. The molecule has 0 bridgehead atoms. The van der Waals surface area contributed by atoms with Crippen LogP contribution in [0.3, 0.4) is 0 Å². The third-order valence-electron chi connectivity index (χ3n) is 2.67. The molecular weight excluding hydrogens is 162 g/mol. The number of rotatable bonds is 3. The van der Waals surface area contributed by atoms with Gasteiger partial charge in [0.2, 0.25) is 0 Å². The standard InChI is InChI=1S/C11H19NO/c1-4-9(2)12-10(3)11-6-5-7-13-8-11/h1,9-12H,5-8H2,2-3H3. The molecule has 2 nitrogen and oxygen atoms in total. The summed E-state index contributed by atoms with van der Waals surface area (Å²) in [6.07, 6.45) is 7.74. The fourth-order valence-electron chi connectivity index (χ4n) is 1.74. The highest BCUT2D eigenvalue weighted by Crippen LogP contribution is 2.17. The summed E-state index contributed by atoms with van der Waals surface area (Å²) in [6, 6.07) is 0.628. The number of nitrogens with one attached hydrogen (secondary N) is 1.